The average Bonchev–Trinajstić information content (AvgIpc) is 2.98. The van der Waals surface area contributed by atoms with Crippen molar-refractivity contribution in [1.29, 1.82) is 0 Å². The van der Waals surface area contributed by atoms with Crippen molar-refractivity contribution >= 4 is 23.4 Å². The first kappa shape index (κ1) is 16.1. The van der Waals surface area contributed by atoms with Crippen LogP contribution in [0.1, 0.15) is 16.1 Å². The van der Waals surface area contributed by atoms with E-state index in [9.17, 15) is 9.59 Å². The lowest BCUT2D eigenvalue weighted by Gasteiger charge is -2.14. The Balaban J connectivity index is 1.75. The second kappa shape index (κ2) is 7.63. The van der Waals surface area contributed by atoms with Crippen LogP contribution < -0.4 is 15.8 Å². The summed E-state index contributed by atoms with van der Waals surface area (Å²) in [6.07, 6.45) is 1.39. The fourth-order valence-electron chi connectivity index (χ4n) is 1.97. The summed E-state index contributed by atoms with van der Waals surface area (Å²) in [5.74, 6) is -0.648. The largest absolute Gasteiger partial charge is 0.459 e. The molecule has 1 unspecified atom stereocenters. The monoisotopic (exact) mass is 322 g/mol. The fraction of sp³-hybridized carbons (Fsp3) is 0.200. The van der Waals surface area contributed by atoms with Crippen molar-refractivity contribution in [2.24, 2.45) is 0 Å². The molecule has 0 aliphatic rings. The molecule has 0 radical (unpaired) electrons. The Labute approximate surface area is 133 Å². The van der Waals surface area contributed by atoms with Gasteiger partial charge in [-0.05, 0) is 24.3 Å². The van der Waals surface area contributed by atoms with Crippen LogP contribution in [-0.2, 0) is 11.3 Å². The Hall–Kier alpha value is -2.31. The molecule has 0 spiro atoms. The molecule has 2 amide bonds. The summed E-state index contributed by atoms with van der Waals surface area (Å²) >= 11 is 5.92. The van der Waals surface area contributed by atoms with Crippen LogP contribution in [0.4, 0.5) is 0 Å². The third-order valence-corrected chi connectivity index (χ3v) is 3.15. The number of hydrogen-bond donors (Lipinski definition) is 3. The van der Waals surface area contributed by atoms with E-state index < -0.39 is 5.91 Å². The maximum atomic E-state index is 11.8. The lowest BCUT2D eigenvalue weighted by Crippen LogP contribution is -3.09. The average molecular weight is 323 g/mol. The fourth-order valence-corrected chi connectivity index (χ4v) is 2.18. The molecule has 1 aromatic heterocycles. The lowest BCUT2D eigenvalue weighted by molar-refractivity contribution is -0.885. The van der Waals surface area contributed by atoms with Crippen LogP contribution in [0.25, 0.3) is 0 Å². The summed E-state index contributed by atoms with van der Waals surface area (Å²) in [5, 5.41) is 0.667. The van der Waals surface area contributed by atoms with Gasteiger partial charge >= 0.3 is 5.91 Å². The van der Waals surface area contributed by atoms with Gasteiger partial charge < -0.3 is 9.32 Å². The van der Waals surface area contributed by atoms with Crippen molar-refractivity contribution in [2.45, 2.75) is 6.54 Å². The van der Waals surface area contributed by atoms with Crippen molar-refractivity contribution in [3.63, 3.8) is 0 Å². The van der Waals surface area contributed by atoms with Crippen LogP contribution in [0.3, 0.4) is 0 Å². The van der Waals surface area contributed by atoms with Gasteiger partial charge in [0.2, 0.25) is 0 Å². The van der Waals surface area contributed by atoms with Crippen LogP contribution in [0.2, 0.25) is 5.02 Å². The van der Waals surface area contributed by atoms with Crippen LogP contribution in [-0.4, -0.2) is 25.4 Å². The van der Waals surface area contributed by atoms with Crippen LogP contribution in [0.5, 0.6) is 0 Å². The van der Waals surface area contributed by atoms with Crippen LogP contribution in [0, 0.1) is 0 Å². The first-order valence-corrected chi connectivity index (χ1v) is 7.11. The molecule has 7 heteroatoms. The molecule has 0 saturated heterocycles. The second-order valence-corrected chi connectivity index (χ2v) is 5.36. The van der Waals surface area contributed by atoms with E-state index >= 15 is 0 Å². The first-order chi connectivity index (χ1) is 10.5. The standard InChI is InChI=1S/C15H16ClN3O3/c1-19(9-11-4-2-5-12(16)8-11)10-14(20)17-18-15(21)13-6-3-7-22-13/h2-8H,9-10H2,1H3,(H,17,20)(H,18,21)/p+1. The lowest BCUT2D eigenvalue weighted by atomic mass is 10.2. The van der Waals surface area contributed by atoms with Gasteiger partial charge in [0.05, 0.1) is 13.3 Å². The molecule has 0 aliphatic carbocycles. The number of hydrazine groups is 1. The highest BCUT2D eigenvalue weighted by Gasteiger charge is 2.13. The molecule has 6 nitrogen and oxygen atoms in total. The van der Waals surface area contributed by atoms with E-state index in [1.165, 1.54) is 12.3 Å². The number of halogens is 1. The van der Waals surface area contributed by atoms with Crippen LogP contribution >= 0.6 is 11.6 Å². The normalized spacial score (nSPS) is 11.7. The van der Waals surface area contributed by atoms with Gasteiger partial charge in [0.25, 0.3) is 5.91 Å². The number of hydrogen-bond acceptors (Lipinski definition) is 3. The molecule has 116 valence electrons. The summed E-state index contributed by atoms with van der Waals surface area (Å²) in [4.78, 5) is 24.3. The highest BCUT2D eigenvalue weighted by atomic mass is 35.5. The number of benzene rings is 1. The smallest absolute Gasteiger partial charge is 0.305 e. The van der Waals surface area contributed by atoms with Gasteiger partial charge in [-0.1, -0.05) is 23.7 Å². The highest BCUT2D eigenvalue weighted by molar-refractivity contribution is 6.30. The van der Waals surface area contributed by atoms with Crippen LogP contribution in [0.15, 0.2) is 47.1 Å². The van der Waals surface area contributed by atoms with E-state index in [2.05, 4.69) is 10.9 Å². The minimum atomic E-state index is -0.495. The van der Waals surface area contributed by atoms with E-state index in [1.54, 1.807) is 12.1 Å². The predicted molar refractivity (Wildman–Crippen MR) is 81.2 cm³/mol. The van der Waals surface area contributed by atoms with Gasteiger partial charge in [0.1, 0.15) is 6.54 Å². The Morgan fingerprint density at radius 3 is 2.73 bits per heavy atom. The number of furan rings is 1. The number of nitrogens with one attached hydrogen (secondary N) is 3. The molecule has 1 atom stereocenters. The summed E-state index contributed by atoms with van der Waals surface area (Å²) in [6.45, 7) is 0.866. The van der Waals surface area contributed by atoms with E-state index in [-0.39, 0.29) is 18.2 Å². The Morgan fingerprint density at radius 2 is 2.05 bits per heavy atom. The minimum absolute atomic E-state index is 0.139. The molecule has 22 heavy (non-hydrogen) atoms. The van der Waals surface area contributed by atoms with E-state index in [4.69, 9.17) is 16.0 Å². The molecule has 0 fully saturated rings. The molecule has 1 heterocycles. The Morgan fingerprint density at radius 1 is 1.23 bits per heavy atom. The zero-order chi connectivity index (χ0) is 15.9. The maximum Gasteiger partial charge on any atom is 0.305 e. The summed E-state index contributed by atoms with van der Waals surface area (Å²) in [5.41, 5.74) is 5.69. The van der Waals surface area contributed by atoms with E-state index in [0.717, 1.165) is 10.5 Å². The number of quaternary nitrogens is 1. The van der Waals surface area contributed by atoms with E-state index in [1.807, 2.05) is 25.2 Å². The molecule has 1 aromatic carbocycles. The number of carbonyl (C=O) groups excluding carboxylic acids is 2. The third-order valence-electron chi connectivity index (χ3n) is 2.92. The number of rotatable bonds is 5. The van der Waals surface area contributed by atoms with Crippen molar-refractivity contribution < 1.29 is 18.9 Å². The summed E-state index contributed by atoms with van der Waals surface area (Å²) < 4.78 is 4.92. The molecular formula is C15H17ClN3O3+. The molecule has 2 rings (SSSR count). The molecule has 2 aromatic rings. The van der Waals surface area contributed by atoms with Gasteiger partial charge in [0, 0.05) is 10.6 Å². The first-order valence-electron chi connectivity index (χ1n) is 6.73. The number of carbonyl (C=O) groups is 2. The molecule has 3 N–H and O–H groups in total. The summed E-state index contributed by atoms with van der Waals surface area (Å²) in [6, 6.07) is 10.6. The number of likely N-dealkylation sites (N-methyl/N-ethyl adjacent to an activating group) is 1. The van der Waals surface area contributed by atoms with E-state index in [0.29, 0.717) is 11.6 Å². The molecule has 0 aliphatic heterocycles. The quantitative estimate of drug-likeness (QED) is 0.698. The highest BCUT2D eigenvalue weighted by Crippen LogP contribution is 2.09. The van der Waals surface area contributed by atoms with Gasteiger partial charge in [-0.2, -0.15) is 0 Å². The van der Waals surface area contributed by atoms with Crippen molar-refractivity contribution in [3.8, 4) is 0 Å². The third kappa shape index (κ3) is 4.91. The van der Waals surface area contributed by atoms with Gasteiger partial charge in [0.15, 0.2) is 12.3 Å². The Kier molecular flexibility index (Phi) is 5.57. The predicted octanol–water partition coefficient (Wildman–Crippen LogP) is 0.409. The molecule has 0 bridgehead atoms. The zero-order valence-electron chi connectivity index (χ0n) is 12.1. The van der Waals surface area contributed by atoms with Gasteiger partial charge in [-0.3, -0.25) is 20.4 Å². The number of amides is 2. The minimum Gasteiger partial charge on any atom is -0.459 e. The zero-order valence-corrected chi connectivity index (χ0v) is 12.8. The van der Waals surface area contributed by atoms with Crippen molar-refractivity contribution in [2.75, 3.05) is 13.6 Å². The van der Waals surface area contributed by atoms with Crippen molar-refractivity contribution in [1.82, 2.24) is 10.9 Å². The molecule has 0 saturated carbocycles. The summed E-state index contributed by atoms with van der Waals surface area (Å²) in [7, 11) is 1.88. The Bertz CT molecular complexity index is 643. The maximum absolute atomic E-state index is 11.8. The van der Waals surface area contributed by atoms with Gasteiger partial charge in [-0.15, -0.1) is 0 Å². The second-order valence-electron chi connectivity index (χ2n) is 4.92. The van der Waals surface area contributed by atoms with Crippen molar-refractivity contribution in [3.05, 3.63) is 59.0 Å². The van der Waals surface area contributed by atoms with Gasteiger partial charge in [-0.25, -0.2) is 0 Å². The topological polar surface area (TPSA) is 75.8 Å². The molecular weight excluding hydrogens is 306 g/mol. The SMILES string of the molecule is C[NH+](CC(=O)NNC(=O)c1ccco1)Cc1cccc(Cl)c1.